The van der Waals surface area contributed by atoms with Gasteiger partial charge in [0.15, 0.2) is 5.17 Å². The number of nitrogens with one attached hydrogen (secondary N) is 2. The fourth-order valence-corrected chi connectivity index (χ4v) is 3.65. The van der Waals surface area contributed by atoms with E-state index in [0.717, 1.165) is 16.8 Å². The normalized spacial score (nSPS) is 19.2. The van der Waals surface area contributed by atoms with Gasteiger partial charge in [-0.25, -0.2) is 0 Å². The summed E-state index contributed by atoms with van der Waals surface area (Å²) in [6, 6.07) is 17.4. The number of hydrogen-bond donors (Lipinski definition) is 2. The molecule has 6 heteroatoms. The summed E-state index contributed by atoms with van der Waals surface area (Å²) >= 11 is 1.31. The van der Waals surface area contributed by atoms with Crippen LogP contribution in [0.25, 0.3) is 0 Å². The van der Waals surface area contributed by atoms with E-state index in [-0.39, 0.29) is 24.3 Å². The maximum Gasteiger partial charge on any atom is 0.240 e. The van der Waals surface area contributed by atoms with Crippen molar-refractivity contribution in [1.29, 1.82) is 0 Å². The molecule has 0 unspecified atom stereocenters. The Hall–Kier alpha value is -2.60. The number of thioether (sulfide) groups is 1. The van der Waals surface area contributed by atoms with Crippen molar-refractivity contribution in [3.8, 4) is 0 Å². The fraction of sp³-hybridized carbons (Fsp3) is 0.250. The lowest BCUT2D eigenvalue weighted by molar-refractivity contribution is -0.122. The highest BCUT2D eigenvalue weighted by Gasteiger charge is 2.32. The third kappa shape index (κ3) is 4.73. The van der Waals surface area contributed by atoms with Crippen molar-refractivity contribution in [2.75, 3.05) is 5.32 Å². The summed E-state index contributed by atoms with van der Waals surface area (Å²) in [7, 11) is 0. The van der Waals surface area contributed by atoms with E-state index in [2.05, 4.69) is 15.6 Å². The van der Waals surface area contributed by atoms with Crippen LogP contribution in [0.4, 0.5) is 5.69 Å². The molecule has 1 fully saturated rings. The molecule has 0 aliphatic carbocycles. The molecule has 2 aromatic rings. The quantitative estimate of drug-likeness (QED) is 0.847. The van der Waals surface area contributed by atoms with Crippen LogP contribution in [0, 0.1) is 6.92 Å². The molecule has 134 valence electrons. The molecule has 26 heavy (non-hydrogen) atoms. The van der Waals surface area contributed by atoms with Crippen LogP contribution in [0.3, 0.4) is 0 Å². The van der Waals surface area contributed by atoms with Crippen molar-refractivity contribution >= 4 is 34.4 Å². The highest BCUT2D eigenvalue weighted by Crippen LogP contribution is 2.26. The number of amidine groups is 1. The Bertz CT molecular complexity index is 819. The smallest absolute Gasteiger partial charge is 0.240 e. The number of nitrogens with zero attached hydrogens (tertiary/aromatic N) is 1. The first-order chi connectivity index (χ1) is 12.5. The molecule has 1 heterocycles. The van der Waals surface area contributed by atoms with Gasteiger partial charge in [0.25, 0.3) is 0 Å². The summed E-state index contributed by atoms with van der Waals surface area (Å²) < 4.78 is 0. The highest BCUT2D eigenvalue weighted by molar-refractivity contribution is 8.15. The van der Waals surface area contributed by atoms with Crippen molar-refractivity contribution < 1.29 is 9.59 Å². The van der Waals surface area contributed by atoms with E-state index >= 15 is 0 Å². The summed E-state index contributed by atoms with van der Waals surface area (Å²) in [5.74, 6) is -0.355. The average molecular weight is 367 g/mol. The topological polar surface area (TPSA) is 70.6 Å². The summed E-state index contributed by atoms with van der Waals surface area (Å²) in [4.78, 5) is 28.9. The second kappa shape index (κ2) is 8.19. The van der Waals surface area contributed by atoms with E-state index in [4.69, 9.17) is 0 Å². The van der Waals surface area contributed by atoms with Crippen LogP contribution in [0.2, 0.25) is 0 Å². The molecule has 1 aliphatic heterocycles. The zero-order valence-corrected chi connectivity index (χ0v) is 15.5. The van der Waals surface area contributed by atoms with Gasteiger partial charge in [0, 0.05) is 12.1 Å². The molecule has 2 atom stereocenters. The Balaban J connectivity index is 1.58. The third-order valence-corrected chi connectivity index (χ3v) is 5.17. The lowest BCUT2D eigenvalue weighted by Crippen LogP contribution is -2.28. The minimum Gasteiger partial charge on any atom is -0.326 e. The average Bonchev–Trinajstić information content (AvgIpc) is 2.96. The summed E-state index contributed by atoms with van der Waals surface area (Å²) in [5.41, 5.74) is 2.94. The minimum atomic E-state index is -0.456. The number of carbonyl (C=O) groups excluding carboxylic acids is 2. The maximum atomic E-state index is 12.2. The van der Waals surface area contributed by atoms with Gasteiger partial charge in [-0.3, -0.25) is 14.6 Å². The predicted molar refractivity (Wildman–Crippen MR) is 106 cm³/mol. The first kappa shape index (κ1) is 18.2. The molecule has 2 aromatic carbocycles. The molecule has 0 saturated carbocycles. The van der Waals surface area contributed by atoms with Gasteiger partial charge >= 0.3 is 0 Å². The number of aryl methyl sites for hydroxylation is 1. The number of carbonyl (C=O) groups is 2. The van der Waals surface area contributed by atoms with Crippen LogP contribution in [-0.4, -0.2) is 22.2 Å². The molecule has 0 aromatic heterocycles. The molecule has 3 rings (SSSR count). The summed E-state index contributed by atoms with van der Waals surface area (Å²) in [5, 5.41) is 5.71. The van der Waals surface area contributed by atoms with Crippen LogP contribution < -0.4 is 10.6 Å². The SMILES string of the molecule is Cc1ccc(NC(=O)C[C@@H]2SC(=N[C@@H](C)c3ccccc3)NC2=O)cc1. The molecule has 5 nitrogen and oxygen atoms in total. The second-order valence-corrected chi connectivity index (χ2v) is 7.43. The molecule has 2 N–H and O–H groups in total. The number of benzene rings is 2. The van der Waals surface area contributed by atoms with Crippen LogP contribution in [0.5, 0.6) is 0 Å². The van der Waals surface area contributed by atoms with Gasteiger partial charge in [-0.1, -0.05) is 59.8 Å². The van der Waals surface area contributed by atoms with Crippen LogP contribution in [-0.2, 0) is 9.59 Å². The van der Waals surface area contributed by atoms with E-state index in [0.29, 0.717) is 5.17 Å². The monoisotopic (exact) mass is 367 g/mol. The van der Waals surface area contributed by atoms with Crippen LogP contribution in [0.15, 0.2) is 59.6 Å². The molecule has 0 bridgehead atoms. The van der Waals surface area contributed by atoms with E-state index in [9.17, 15) is 9.59 Å². The van der Waals surface area contributed by atoms with Gasteiger partial charge in [0.2, 0.25) is 11.8 Å². The Morgan fingerprint density at radius 1 is 1.19 bits per heavy atom. The first-order valence-corrected chi connectivity index (χ1v) is 9.36. The molecule has 1 saturated heterocycles. The van der Waals surface area contributed by atoms with E-state index in [1.807, 2.05) is 68.4 Å². The molecule has 2 amide bonds. The Kier molecular flexibility index (Phi) is 5.73. The Labute approximate surface area is 157 Å². The first-order valence-electron chi connectivity index (χ1n) is 8.48. The Morgan fingerprint density at radius 3 is 2.58 bits per heavy atom. The van der Waals surface area contributed by atoms with Gasteiger partial charge in [0.1, 0.15) is 5.25 Å². The van der Waals surface area contributed by atoms with E-state index in [1.54, 1.807) is 0 Å². The van der Waals surface area contributed by atoms with Crippen LogP contribution in [0.1, 0.15) is 30.5 Å². The standard InChI is InChI=1S/C20H21N3O2S/c1-13-8-10-16(11-9-13)22-18(24)12-17-19(25)23-20(26-17)21-14(2)15-6-4-3-5-7-15/h3-11,14,17H,12H2,1-2H3,(H,22,24)(H,21,23,25)/t14-,17-/m0/s1. The lowest BCUT2D eigenvalue weighted by Gasteiger charge is -2.08. The van der Waals surface area contributed by atoms with Gasteiger partial charge in [0.05, 0.1) is 6.04 Å². The summed E-state index contributed by atoms with van der Waals surface area (Å²) in [6.45, 7) is 3.97. The number of hydrogen-bond acceptors (Lipinski definition) is 4. The molecular weight excluding hydrogens is 346 g/mol. The lowest BCUT2D eigenvalue weighted by atomic mass is 10.1. The third-order valence-electron chi connectivity index (χ3n) is 4.08. The van der Waals surface area contributed by atoms with Crippen molar-refractivity contribution in [1.82, 2.24) is 5.32 Å². The van der Waals surface area contributed by atoms with Crippen LogP contribution >= 0.6 is 11.8 Å². The van der Waals surface area contributed by atoms with Crippen molar-refractivity contribution in [2.24, 2.45) is 4.99 Å². The molecule has 0 spiro atoms. The number of rotatable bonds is 5. The number of aliphatic imine (C=N–C) groups is 1. The molecule has 1 aliphatic rings. The molecule has 0 radical (unpaired) electrons. The predicted octanol–water partition coefficient (Wildman–Crippen LogP) is 3.67. The largest absolute Gasteiger partial charge is 0.326 e. The van der Waals surface area contributed by atoms with E-state index < -0.39 is 5.25 Å². The van der Waals surface area contributed by atoms with Crippen molar-refractivity contribution in [2.45, 2.75) is 31.6 Å². The van der Waals surface area contributed by atoms with Gasteiger partial charge in [-0.05, 0) is 31.5 Å². The number of amides is 2. The Morgan fingerprint density at radius 2 is 1.88 bits per heavy atom. The minimum absolute atomic E-state index is 0.0564. The van der Waals surface area contributed by atoms with E-state index in [1.165, 1.54) is 11.8 Å². The highest BCUT2D eigenvalue weighted by atomic mass is 32.2. The number of anilines is 1. The molecular formula is C20H21N3O2S. The van der Waals surface area contributed by atoms with Gasteiger partial charge < -0.3 is 10.6 Å². The zero-order valence-electron chi connectivity index (χ0n) is 14.7. The fourth-order valence-electron chi connectivity index (χ4n) is 2.60. The van der Waals surface area contributed by atoms with Crippen molar-refractivity contribution in [3.05, 3.63) is 65.7 Å². The zero-order chi connectivity index (χ0) is 18.5. The van der Waals surface area contributed by atoms with Gasteiger partial charge in [-0.2, -0.15) is 0 Å². The van der Waals surface area contributed by atoms with Crippen molar-refractivity contribution in [3.63, 3.8) is 0 Å². The summed E-state index contributed by atoms with van der Waals surface area (Å²) in [6.07, 6.45) is 0.114. The maximum absolute atomic E-state index is 12.2. The van der Waals surface area contributed by atoms with Gasteiger partial charge in [-0.15, -0.1) is 0 Å². The second-order valence-electron chi connectivity index (χ2n) is 6.23.